The number of carbonyl (C=O) groups is 1. The number of nitrogens with zero attached hydrogens (tertiary/aromatic N) is 4. The lowest BCUT2D eigenvalue weighted by atomic mass is 10.0. The number of hydrogen-bond donors (Lipinski definition) is 0. The zero-order valence-corrected chi connectivity index (χ0v) is 18.2. The van der Waals surface area contributed by atoms with Crippen LogP contribution in [0.25, 0.3) is 10.8 Å². The van der Waals surface area contributed by atoms with Gasteiger partial charge in [0.2, 0.25) is 5.95 Å². The van der Waals surface area contributed by atoms with Gasteiger partial charge in [0.25, 0.3) is 5.91 Å². The minimum atomic E-state index is 0.117. The summed E-state index contributed by atoms with van der Waals surface area (Å²) >= 11 is 3.67. The van der Waals surface area contributed by atoms with Crippen LogP contribution < -0.4 is 4.90 Å². The van der Waals surface area contributed by atoms with Crippen LogP contribution in [0.3, 0.4) is 0 Å². The summed E-state index contributed by atoms with van der Waals surface area (Å²) in [5.41, 5.74) is 2.75. The number of halogens is 1. The van der Waals surface area contributed by atoms with Gasteiger partial charge in [0.1, 0.15) is 0 Å². The van der Waals surface area contributed by atoms with Crippen molar-refractivity contribution in [3.63, 3.8) is 0 Å². The molecule has 0 radical (unpaired) electrons. The maximum atomic E-state index is 13.2. The van der Waals surface area contributed by atoms with E-state index in [0.29, 0.717) is 11.8 Å². The van der Waals surface area contributed by atoms with Gasteiger partial charge in [0, 0.05) is 53.9 Å². The van der Waals surface area contributed by atoms with Gasteiger partial charge in [-0.05, 0) is 52.7 Å². The SMILES string of the molecule is Cc1cc(C)nc(N2CC3CN(C(=O)c4ccc5ccccc5c4Br)CC3C2)n1. The average Bonchev–Trinajstić information content (AvgIpc) is 3.27. The van der Waals surface area contributed by atoms with Crippen LogP contribution in [0.15, 0.2) is 46.9 Å². The van der Waals surface area contributed by atoms with Crippen molar-refractivity contribution in [3.8, 4) is 0 Å². The van der Waals surface area contributed by atoms with E-state index in [4.69, 9.17) is 0 Å². The summed E-state index contributed by atoms with van der Waals surface area (Å²) in [4.78, 5) is 26.8. The molecule has 148 valence electrons. The molecule has 1 amide bonds. The number of rotatable bonds is 2. The Bertz CT molecular complexity index is 1080. The molecule has 3 aromatic rings. The zero-order chi connectivity index (χ0) is 20.1. The van der Waals surface area contributed by atoms with Crippen LogP contribution in [-0.2, 0) is 0 Å². The van der Waals surface area contributed by atoms with E-state index >= 15 is 0 Å². The molecular weight excluding hydrogens is 428 g/mol. The highest BCUT2D eigenvalue weighted by Gasteiger charge is 2.42. The fraction of sp³-hybridized carbons (Fsp3) is 0.348. The Balaban J connectivity index is 1.33. The van der Waals surface area contributed by atoms with Gasteiger partial charge in [-0.25, -0.2) is 9.97 Å². The van der Waals surface area contributed by atoms with Crippen LogP contribution in [0.5, 0.6) is 0 Å². The molecule has 2 unspecified atom stereocenters. The summed E-state index contributed by atoms with van der Waals surface area (Å²) in [5.74, 6) is 1.89. The van der Waals surface area contributed by atoms with Gasteiger partial charge in [-0.15, -0.1) is 0 Å². The molecule has 3 heterocycles. The lowest BCUT2D eigenvalue weighted by Gasteiger charge is -2.23. The van der Waals surface area contributed by atoms with Gasteiger partial charge < -0.3 is 9.80 Å². The number of anilines is 1. The smallest absolute Gasteiger partial charge is 0.255 e. The number of hydrogen-bond acceptors (Lipinski definition) is 4. The second-order valence-electron chi connectivity index (χ2n) is 8.23. The fourth-order valence-electron chi connectivity index (χ4n) is 4.74. The average molecular weight is 451 g/mol. The van der Waals surface area contributed by atoms with Crippen LogP contribution in [0.4, 0.5) is 5.95 Å². The van der Waals surface area contributed by atoms with E-state index in [2.05, 4.69) is 42.9 Å². The Hall–Kier alpha value is -2.47. The number of fused-ring (bicyclic) bond motifs is 2. The van der Waals surface area contributed by atoms with Gasteiger partial charge in [0.15, 0.2) is 0 Å². The van der Waals surface area contributed by atoms with Gasteiger partial charge in [-0.1, -0.05) is 30.3 Å². The lowest BCUT2D eigenvalue weighted by molar-refractivity contribution is 0.0782. The van der Waals surface area contributed by atoms with Gasteiger partial charge in [-0.2, -0.15) is 0 Å². The first-order valence-electron chi connectivity index (χ1n) is 10.0. The molecular formula is C23H23BrN4O. The molecule has 0 bridgehead atoms. The standard InChI is InChI=1S/C23H23BrN4O/c1-14-9-15(2)26-23(25-14)28-12-17-10-27(11-18(17)13-28)22(29)20-8-7-16-5-3-4-6-19(16)21(20)24/h3-9,17-18H,10-13H2,1-2H3. The summed E-state index contributed by atoms with van der Waals surface area (Å²) in [6, 6.07) is 14.1. The Labute approximate surface area is 178 Å². The summed E-state index contributed by atoms with van der Waals surface area (Å²) < 4.78 is 0.892. The van der Waals surface area contributed by atoms with Crippen molar-refractivity contribution < 1.29 is 4.79 Å². The number of amides is 1. The first-order chi connectivity index (χ1) is 14.0. The van der Waals surface area contributed by atoms with Crippen LogP contribution in [0.1, 0.15) is 21.7 Å². The molecule has 2 aromatic carbocycles. The molecule has 2 saturated heterocycles. The molecule has 2 aliphatic rings. The van der Waals surface area contributed by atoms with Crippen LogP contribution >= 0.6 is 15.9 Å². The van der Waals surface area contributed by atoms with Crippen molar-refractivity contribution >= 4 is 38.6 Å². The molecule has 2 aliphatic heterocycles. The number of carbonyl (C=O) groups excluding carboxylic acids is 1. The Kier molecular flexibility index (Phi) is 4.54. The van der Waals surface area contributed by atoms with Crippen LogP contribution in [0.2, 0.25) is 0 Å². The van der Waals surface area contributed by atoms with E-state index in [9.17, 15) is 4.79 Å². The van der Waals surface area contributed by atoms with E-state index < -0.39 is 0 Å². The maximum absolute atomic E-state index is 13.2. The summed E-state index contributed by atoms with van der Waals surface area (Å²) in [6.45, 7) is 7.44. The van der Waals surface area contributed by atoms with Crippen molar-refractivity contribution in [2.75, 3.05) is 31.1 Å². The van der Waals surface area contributed by atoms with Gasteiger partial charge in [0.05, 0.1) is 5.56 Å². The van der Waals surface area contributed by atoms with Crippen LogP contribution in [-0.4, -0.2) is 47.0 Å². The Morgan fingerprint density at radius 1 is 0.966 bits per heavy atom. The molecule has 1 aromatic heterocycles. The van der Waals surface area contributed by atoms with Crippen LogP contribution in [0, 0.1) is 25.7 Å². The van der Waals surface area contributed by atoms with E-state index in [-0.39, 0.29) is 5.91 Å². The van der Waals surface area contributed by atoms with Crippen molar-refractivity contribution in [1.82, 2.24) is 14.9 Å². The third kappa shape index (κ3) is 3.29. The van der Waals surface area contributed by atoms with E-state index in [1.807, 2.05) is 49.1 Å². The number of aromatic nitrogens is 2. The Morgan fingerprint density at radius 2 is 1.62 bits per heavy atom. The van der Waals surface area contributed by atoms with Gasteiger partial charge in [-0.3, -0.25) is 4.79 Å². The molecule has 0 aliphatic carbocycles. The highest BCUT2D eigenvalue weighted by Crippen LogP contribution is 2.35. The third-order valence-electron chi connectivity index (χ3n) is 6.12. The highest BCUT2D eigenvalue weighted by molar-refractivity contribution is 9.10. The van der Waals surface area contributed by atoms with Gasteiger partial charge >= 0.3 is 0 Å². The number of aryl methyl sites for hydroxylation is 2. The molecule has 29 heavy (non-hydrogen) atoms. The number of likely N-dealkylation sites (tertiary alicyclic amines) is 1. The van der Waals surface area contributed by atoms with E-state index in [0.717, 1.165) is 64.3 Å². The molecule has 5 rings (SSSR count). The molecule has 0 saturated carbocycles. The lowest BCUT2D eigenvalue weighted by Crippen LogP contribution is -2.34. The summed E-state index contributed by atoms with van der Waals surface area (Å²) in [5, 5.41) is 2.22. The third-order valence-corrected chi connectivity index (χ3v) is 6.97. The van der Waals surface area contributed by atoms with Crippen molar-refractivity contribution in [2.45, 2.75) is 13.8 Å². The zero-order valence-electron chi connectivity index (χ0n) is 16.6. The van der Waals surface area contributed by atoms with Crippen molar-refractivity contribution in [1.29, 1.82) is 0 Å². The molecule has 0 N–H and O–H groups in total. The number of benzene rings is 2. The normalized spacial score (nSPS) is 21.1. The Morgan fingerprint density at radius 3 is 2.31 bits per heavy atom. The topological polar surface area (TPSA) is 49.3 Å². The molecule has 2 fully saturated rings. The first kappa shape index (κ1) is 18.6. The predicted molar refractivity (Wildman–Crippen MR) is 118 cm³/mol. The first-order valence-corrected chi connectivity index (χ1v) is 10.8. The molecule has 5 nitrogen and oxygen atoms in total. The molecule has 2 atom stereocenters. The largest absolute Gasteiger partial charge is 0.340 e. The minimum absolute atomic E-state index is 0.117. The van der Waals surface area contributed by atoms with E-state index in [1.54, 1.807) is 0 Å². The second-order valence-corrected chi connectivity index (χ2v) is 9.03. The quantitative estimate of drug-likeness (QED) is 0.586. The second kappa shape index (κ2) is 7.10. The predicted octanol–water partition coefficient (Wildman–Crippen LogP) is 4.22. The maximum Gasteiger partial charge on any atom is 0.255 e. The van der Waals surface area contributed by atoms with Crippen molar-refractivity contribution in [3.05, 3.63) is 63.9 Å². The molecule has 6 heteroatoms. The van der Waals surface area contributed by atoms with Crippen molar-refractivity contribution in [2.24, 2.45) is 11.8 Å². The highest BCUT2D eigenvalue weighted by atomic mass is 79.9. The van der Waals surface area contributed by atoms with E-state index in [1.165, 1.54) is 0 Å². The molecule has 0 spiro atoms. The minimum Gasteiger partial charge on any atom is -0.340 e. The summed E-state index contributed by atoms with van der Waals surface area (Å²) in [7, 11) is 0. The summed E-state index contributed by atoms with van der Waals surface area (Å²) in [6.07, 6.45) is 0. The fourth-order valence-corrected chi connectivity index (χ4v) is 5.40. The monoisotopic (exact) mass is 450 g/mol.